The van der Waals surface area contributed by atoms with E-state index < -0.39 is 11.6 Å². The Morgan fingerprint density at radius 2 is 1.67 bits per heavy atom. The first-order valence-corrected chi connectivity index (χ1v) is 5.91. The lowest BCUT2D eigenvalue weighted by molar-refractivity contribution is 0.275. The Labute approximate surface area is 111 Å². The molecule has 94 valence electrons. The summed E-state index contributed by atoms with van der Waals surface area (Å²) in [5, 5.41) is 9.11. The van der Waals surface area contributed by atoms with Gasteiger partial charge in [0.15, 0.2) is 0 Å². The van der Waals surface area contributed by atoms with Gasteiger partial charge < -0.3 is 9.84 Å². The summed E-state index contributed by atoms with van der Waals surface area (Å²) in [6.07, 6.45) is 0. The Morgan fingerprint density at radius 1 is 1.00 bits per heavy atom. The van der Waals surface area contributed by atoms with Gasteiger partial charge in [-0.05, 0) is 46.3 Å². The molecule has 0 fully saturated rings. The minimum Gasteiger partial charge on any atom is -0.456 e. The molecule has 2 nitrogen and oxygen atoms in total. The van der Waals surface area contributed by atoms with E-state index in [-0.39, 0.29) is 18.1 Å². The molecule has 0 atom stereocenters. The van der Waals surface area contributed by atoms with E-state index in [9.17, 15) is 8.78 Å². The molecule has 0 saturated heterocycles. The molecule has 0 radical (unpaired) electrons. The number of benzene rings is 2. The maximum atomic E-state index is 13.1. The van der Waals surface area contributed by atoms with Crippen molar-refractivity contribution in [2.24, 2.45) is 0 Å². The van der Waals surface area contributed by atoms with E-state index in [1.54, 1.807) is 0 Å². The van der Waals surface area contributed by atoms with Crippen molar-refractivity contribution >= 4 is 15.9 Å². The van der Waals surface area contributed by atoms with Crippen LogP contribution in [0.4, 0.5) is 8.78 Å². The smallest absolute Gasteiger partial charge is 0.144 e. The van der Waals surface area contributed by atoms with Crippen molar-refractivity contribution in [3.8, 4) is 11.5 Å². The molecule has 0 aliphatic heterocycles. The van der Waals surface area contributed by atoms with Crippen LogP contribution in [0.1, 0.15) is 5.56 Å². The van der Waals surface area contributed by atoms with Gasteiger partial charge in [0.2, 0.25) is 0 Å². The van der Waals surface area contributed by atoms with Crippen LogP contribution < -0.4 is 4.74 Å². The standard InChI is InChI=1S/C13H9BrF2O2/c14-11-3-1-10(16)6-13(11)18-12-4-2-9(15)5-8(12)7-17/h1-6,17H,7H2. The first kappa shape index (κ1) is 13.0. The summed E-state index contributed by atoms with van der Waals surface area (Å²) in [6, 6.07) is 7.76. The largest absolute Gasteiger partial charge is 0.456 e. The third-order valence-corrected chi connectivity index (χ3v) is 2.96. The van der Waals surface area contributed by atoms with Gasteiger partial charge in [-0.3, -0.25) is 0 Å². The van der Waals surface area contributed by atoms with E-state index in [1.165, 1.54) is 36.4 Å². The average molecular weight is 315 g/mol. The number of halogens is 3. The summed E-state index contributed by atoms with van der Waals surface area (Å²) < 4.78 is 32.1. The van der Waals surface area contributed by atoms with Gasteiger partial charge in [0, 0.05) is 11.6 Å². The zero-order chi connectivity index (χ0) is 13.1. The fraction of sp³-hybridized carbons (Fsp3) is 0.0769. The SMILES string of the molecule is OCc1cc(F)ccc1Oc1cc(F)ccc1Br. The number of hydrogen-bond acceptors (Lipinski definition) is 2. The van der Waals surface area contributed by atoms with Gasteiger partial charge in [-0.15, -0.1) is 0 Å². The van der Waals surface area contributed by atoms with Crippen LogP contribution in [-0.4, -0.2) is 5.11 Å². The molecular formula is C13H9BrF2O2. The molecule has 0 aromatic heterocycles. The van der Waals surface area contributed by atoms with Gasteiger partial charge in [-0.2, -0.15) is 0 Å². The Balaban J connectivity index is 2.36. The molecule has 18 heavy (non-hydrogen) atoms. The van der Waals surface area contributed by atoms with Gasteiger partial charge in [-0.25, -0.2) is 8.78 Å². The summed E-state index contributed by atoms with van der Waals surface area (Å²) in [7, 11) is 0. The fourth-order valence-corrected chi connectivity index (χ4v) is 1.77. The summed E-state index contributed by atoms with van der Waals surface area (Å²) in [6.45, 7) is -0.361. The highest BCUT2D eigenvalue weighted by atomic mass is 79.9. The van der Waals surface area contributed by atoms with Crippen LogP contribution in [0.5, 0.6) is 11.5 Å². The summed E-state index contributed by atoms with van der Waals surface area (Å²) in [5.41, 5.74) is 0.297. The molecule has 0 unspecified atom stereocenters. The minimum atomic E-state index is -0.468. The van der Waals surface area contributed by atoms with Crippen molar-refractivity contribution in [1.82, 2.24) is 0 Å². The average Bonchev–Trinajstić information content (AvgIpc) is 2.36. The molecule has 2 rings (SSSR count). The van der Waals surface area contributed by atoms with Gasteiger partial charge >= 0.3 is 0 Å². The number of aliphatic hydroxyl groups excluding tert-OH is 1. The molecule has 0 bridgehead atoms. The topological polar surface area (TPSA) is 29.5 Å². The zero-order valence-corrected chi connectivity index (χ0v) is 10.7. The molecular weight excluding hydrogens is 306 g/mol. The van der Waals surface area contributed by atoms with Crippen molar-refractivity contribution in [3.05, 3.63) is 58.1 Å². The second-order valence-corrected chi connectivity index (χ2v) is 4.44. The lowest BCUT2D eigenvalue weighted by atomic mass is 10.2. The first-order valence-electron chi connectivity index (χ1n) is 5.12. The second kappa shape index (κ2) is 5.46. The van der Waals surface area contributed by atoms with Crippen LogP contribution in [0.2, 0.25) is 0 Å². The molecule has 5 heteroatoms. The monoisotopic (exact) mass is 314 g/mol. The maximum Gasteiger partial charge on any atom is 0.144 e. The van der Waals surface area contributed by atoms with Crippen LogP contribution in [0.3, 0.4) is 0 Å². The van der Waals surface area contributed by atoms with Crippen molar-refractivity contribution in [2.45, 2.75) is 6.61 Å². The van der Waals surface area contributed by atoms with Crippen molar-refractivity contribution < 1.29 is 18.6 Å². The highest BCUT2D eigenvalue weighted by Gasteiger charge is 2.09. The van der Waals surface area contributed by atoms with E-state index in [0.29, 0.717) is 10.0 Å². The van der Waals surface area contributed by atoms with Gasteiger partial charge in [0.1, 0.15) is 23.1 Å². The van der Waals surface area contributed by atoms with Crippen molar-refractivity contribution in [2.75, 3.05) is 0 Å². The summed E-state index contributed by atoms with van der Waals surface area (Å²) in [4.78, 5) is 0. The number of ether oxygens (including phenoxy) is 1. The molecule has 1 N–H and O–H groups in total. The van der Waals surface area contributed by atoms with Crippen LogP contribution >= 0.6 is 15.9 Å². The van der Waals surface area contributed by atoms with Gasteiger partial charge in [-0.1, -0.05) is 0 Å². The predicted octanol–water partition coefficient (Wildman–Crippen LogP) is 4.01. The highest BCUT2D eigenvalue weighted by molar-refractivity contribution is 9.10. The lowest BCUT2D eigenvalue weighted by Gasteiger charge is -2.11. The lowest BCUT2D eigenvalue weighted by Crippen LogP contribution is -1.94. The molecule has 2 aromatic carbocycles. The fourth-order valence-electron chi connectivity index (χ4n) is 1.45. The Bertz CT molecular complexity index is 573. The molecule has 0 amide bonds. The van der Waals surface area contributed by atoms with E-state index in [4.69, 9.17) is 9.84 Å². The normalized spacial score (nSPS) is 10.4. The maximum absolute atomic E-state index is 13.1. The van der Waals surface area contributed by atoms with E-state index >= 15 is 0 Å². The predicted molar refractivity (Wildman–Crippen MR) is 66.5 cm³/mol. The van der Waals surface area contributed by atoms with Gasteiger partial charge in [0.25, 0.3) is 0 Å². The second-order valence-electron chi connectivity index (χ2n) is 3.59. The summed E-state index contributed by atoms with van der Waals surface area (Å²) >= 11 is 3.22. The third-order valence-electron chi connectivity index (χ3n) is 2.31. The number of rotatable bonds is 3. The summed E-state index contributed by atoms with van der Waals surface area (Å²) in [5.74, 6) is -0.368. The molecule has 0 heterocycles. The molecule has 0 spiro atoms. The number of hydrogen-bond donors (Lipinski definition) is 1. The third kappa shape index (κ3) is 2.86. The molecule has 0 saturated carbocycles. The van der Waals surface area contributed by atoms with Crippen LogP contribution in [0, 0.1) is 11.6 Å². The number of aliphatic hydroxyl groups is 1. The minimum absolute atomic E-state index is 0.260. The van der Waals surface area contributed by atoms with E-state index in [2.05, 4.69) is 15.9 Å². The van der Waals surface area contributed by atoms with Crippen molar-refractivity contribution in [1.29, 1.82) is 0 Å². The Kier molecular flexibility index (Phi) is 3.93. The van der Waals surface area contributed by atoms with Crippen LogP contribution in [0.25, 0.3) is 0 Å². The Morgan fingerprint density at radius 3 is 2.39 bits per heavy atom. The van der Waals surface area contributed by atoms with E-state index in [0.717, 1.165) is 0 Å². The van der Waals surface area contributed by atoms with Crippen LogP contribution in [0.15, 0.2) is 40.9 Å². The zero-order valence-electron chi connectivity index (χ0n) is 9.16. The van der Waals surface area contributed by atoms with E-state index in [1.807, 2.05) is 0 Å². The van der Waals surface area contributed by atoms with Crippen LogP contribution in [-0.2, 0) is 6.61 Å². The van der Waals surface area contributed by atoms with Gasteiger partial charge in [0.05, 0.1) is 11.1 Å². The quantitative estimate of drug-likeness (QED) is 0.927. The highest BCUT2D eigenvalue weighted by Crippen LogP contribution is 2.32. The molecule has 0 aliphatic carbocycles. The van der Waals surface area contributed by atoms with Crippen molar-refractivity contribution in [3.63, 3.8) is 0 Å². The molecule has 2 aromatic rings. The Hall–Kier alpha value is -1.46. The first-order chi connectivity index (χ1) is 8.60. The molecule has 0 aliphatic rings.